The second-order valence-corrected chi connectivity index (χ2v) is 8.52. The van der Waals surface area contributed by atoms with E-state index in [2.05, 4.69) is 15.3 Å². The van der Waals surface area contributed by atoms with Crippen molar-refractivity contribution < 1.29 is 13.2 Å². The molecule has 8 heteroatoms. The molecule has 138 valence electrons. The zero-order chi connectivity index (χ0) is 18.6. The summed E-state index contributed by atoms with van der Waals surface area (Å²) >= 11 is 0. The maximum atomic E-state index is 12.8. The highest BCUT2D eigenvalue weighted by molar-refractivity contribution is 7.91. The molecule has 1 aliphatic rings. The SMILES string of the molecule is CCN(C(=O)c1cc(NCc2cccnc2)ccn1)C1CCS(=O)(=O)C1. The number of hydrogen-bond acceptors (Lipinski definition) is 6. The molecule has 1 N–H and O–H groups in total. The summed E-state index contributed by atoms with van der Waals surface area (Å²) in [6.07, 6.45) is 5.56. The van der Waals surface area contributed by atoms with Gasteiger partial charge in [-0.05, 0) is 37.1 Å². The van der Waals surface area contributed by atoms with Crippen LogP contribution in [0.4, 0.5) is 5.69 Å². The first kappa shape index (κ1) is 18.3. The lowest BCUT2D eigenvalue weighted by Crippen LogP contribution is -2.41. The van der Waals surface area contributed by atoms with Gasteiger partial charge in [0.1, 0.15) is 5.69 Å². The van der Waals surface area contributed by atoms with Crippen LogP contribution in [0.2, 0.25) is 0 Å². The van der Waals surface area contributed by atoms with Crippen LogP contribution in [0.25, 0.3) is 0 Å². The highest BCUT2D eigenvalue weighted by Crippen LogP contribution is 2.20. The van der Waals surface area contributed by atoms with Crippen molar-refractivity contribution in [1.82, 2.24) is 14.9 Å². The van der Waals surface area contributed by atoms with Crippen molar-refractivity contribution in [2.75, 3.05) is 23.4 Å². The minimum atomic E-state index is -3.05. The van der Waals surface area contributed by atoms with Gasteiger partial charge in [0, 0.05) is 43.4 Å². The molecule has 1 aliphatic heterocycles. The Bertz CT molecular complexity index is 871. The first-order chi connectivity index (χ1) is 12.5. The lowest BCUT2D eigenvalue weighted by atomic mass is 10.2. The van der Waals surface area contributed by atoms with E-state index < -0.39 is 9.84 Å². The van der Waals surface area contributed by atoms with Crippen LogP contribution in [0.15, 0.2) is 42.9 Å². The Morgan fingerprint density at radius 2 is 2.19 bits per heavy atom. The molecule has 1 fully saturated rings. The minimum Gasteiger partial charge on any atom is -0.381 e. The van der Waals surface area contributed by atoms with E-state index in [1.54, 1.807) is 35.6 Å². The lowest BCUT2D eigenvalue weighted by molar-refractivity contribution is 0.0702. The molecule has 0 aliphatic carbocycles. The highest BCUT2D eigenvalue weighted by Gasteiger charge is 2.34. The molecule has 7 nitrogen and oxygen atoms in total. The van der Waals surface area contributed by atoms with Gasteiger partial charge in [0.25, 0.3) is 5.91 Å². The van der Waals surface area contributed by atoms with Gasteiger partial charge >= 0.3 is 0 Å². The minimum absolute atomic E-state index is 0.0333. The summed E-state index contributed by atoms with van der Waals surface area (Å²) in [7, 11) is -3.05. The van der Waals surface area contributed by atoms with Gasteiger partial charge in [-0.25, -0.2) is 8.42 Å². The van der Waals surface area contributed by atoms with Crippen molar-refractivity contribution in [2.24, 2.45) is 0 Å². The molecule has 0 aromatic carbocycles. The maximum Gasteiger partial charge on any atom is 0.272 e. The third kappa shape index (κ3) is 4.37. The number of nitrogens with one attached hydrogen (secondary N) is 1. The topological polar surface area (TPSA) is 92.3 Å². The lowest BCUT2D eigenvalue weighted by Gasteiger charge is -2.26. The first-order valence-electron chi connectivity index (χ1n) is 8.59. The van der Waals surface area contributed by atoms with Crippen LogP contribution in [-0.4, -0.2) is 53.3 Å². The van der Waals surface area contributed by atoms with Crippen molar-refractivity contribution in [3.63, 3.8) is 0 Å². The van der Waals surface area contributed by atoms with Gasteiger partial charge in [0.15, 0.2) is 9.84 Å². The summed E-state index contributed by atoms with van der Waals surface area (Å²) < 4.78 is 23.5. The molecule has 1 atom stereocenters. The molecule has 1 unspecified atom stereocenters. The number of carbonyl (C=O) groups is 1. The number of anilines is 1. The second-order valence-electron chi connectivity index (χ2n) is 6.29. The van der Waals surface area contributed by atoms with E-state index in [1.807, 2.05) is 19.1 Å². The first-order valence-corrected chi connectivity index (χ1v) is 10.4. The number of rotatable bonds is 6. The Morgan fingerprint density at radius 1 is 1.35 bits per heavy atom. The average molecular weight is 374 g/mol. The Labute approximate surface area is 153 Å². The Morgan fingerprint density at radius 3 is 2.85 bits per heavy atom. The Balaban J connectivity index is 1.71. The third-order valence-corrected chi connectivity index (χ3v) is 6.20. The molecular formula is C18H22N4O3S. The molecule has 26 heavy (non-hydrogen) atoms. The van der Waals surface area contributed by atoms with Gasteiger partial charge in [0.2, 0.25) is 0 Å². The smallest absolute Gasteiger partial charge is 0.272 e. The van der Waals surface area contributed by atoms with Gasteiger partial charge in [-0.1, -0.05) is 6.07 Å². The van der Waals surface area contributed by atoms with Gasteiger partial charge in [-0.15, -0.1) is 0 Å². The van der Waals surface area contributed by atoms with Crippen LogP contribution in [0.5, 0.6) is 0 Å². The average Bonchev–Trinajstić information content (AvgIpc) is 3.01. The number of nitrogens with zero attached hydrogens (tertiary/aromatic N) is 3. The van der Waals surface area contributed by atoms with E-state index >= 15 is 0 Å². The molecule has 0 saturated carbocycles. The second kappa shape index (κ2) is 7.82. The van der Waals surface area contributed by atoms with E-state index in [4.69, 9.17) is 0 Å². The van der Waals surface area contributed by atoms with E-state index in [1.165, 1.54) is 0 Å². The zero-order valence-electron chi connectivity index (χ0n) is 14.6. The van der Waals surface area contributed by atoms with Crippen molar-refractivity contribution in [1.29, 1.82) is 0 Å². The molecule has 0 radical (unpaired) electrons. The van der Waals surface area contributed by atoms with Gasteiger partial charge in [-0.2, -0.15) is 0 Å². The molecule has 2 aromatic rings. The van der Waals surface area contributed by atoms with E-state index in [0.29, 0.717) is 25.2 Å². The van der Waals surface area contributed by atoms with E-state index in [0.717, 1.165) is 11.3 Å². The summed E-state index contributed by atoms with van der Waals surface area (Å²) in [5.41, 5.74) is 2.12. The van der Waals surface area contributed by atoms with Crippen LogP contribution >= 0.6 is 0 Å². The van der Waals surface area contributed by atoms with Crippen LogP contribution in [0.1, 0.15) is 29.4 Å². The fraction of sp³-hybridized carbons (Fsp3) is 0.389. The van der Waals surface area contributed by atoms with Crippen molar-refractivity contribution in [3.8, 4) is 0 Å². The number of hydrogen-bond donors (Lipinski definition) is 1. The molecule has 0 spiro atoms. The van der Waals surface area contributed by atoms with E-state index in [9.17, 15) is 13.2 Å². The van der Waals surface area contributed by atoms with Crippen molar-refractivity contribution in [2.45, 2.75) is 25.9 Å². The Kier molecular flexibility index (Phi) is 5.51. The Hall–Kier alpha value is -2.48. The van der Waals surface area contributed by atoms with E-state index in [-0.39, 0.29) is 23.5 Å². The predicted molar refractivity (Wildman–Crippen MR) is 99.6 cm³/mol. The van der Waals surface area contributed by atoms with Gasteiger partial charge in [-0.3, -0.25) is 14.8 Å². The molecule has 3 heterocycles. The number of carbonyl (C=O) groups excluding carboxylic acids is 1. The molecule has 2 aromatic heterocycles. The van der Waals surface area contributed by atoms with Gasteiger partial charge < -0.3 is 10.2 Å². The summed E-state index contributed by atoms with van der Waals surface area (Å²) in [6, 6.07) is 7.06. The normalized spacial score (nSPS) is 18.4. The summed E-state index contributed by atoms with van der Waals surface area (Å²) in [6.45, 7) is 2.89. The molecular weight excluding hydrogens is 352 g/mol. The van der Waals surface area contributed by atoms with Crippen LogP contribution in [0.3, 0.4) is 0 Å². The zero-order valence-corrected chi connectivity index (χ0v) is 15.4. The van der Waals surface area contributed by atoms with Gasteiger partial charge in [0.05, 0.1) is 11.5 Å². The highest BCUT2D eigenvalue weighted by atomic mass is 32.2. The standard InChI is InChI=1S/C18H22N4O3S/c1-2-22(16-6-9-26(24,25)13-16)18(23)17-10-15(5-8-20-17)21-12-14-4-3-7-19-11-14/h3-5,7-8,10-11,16H,2,6,9,12-13H2,1H3,(H,20,21). The third-order valence-electron chi connectivity index (χ3n) is 4.45. The monoisotopic (exact) mass is 374 g/mol. The number of aromatic nitrogens is 2. The molecule has 0 bridgehead atoms. The van der Waals surface area contributed by atoms with Crippen molar-refractivity contribution in [3.05, 3.63) is 54.1 Å². The van der Waals surface area contributed by atoms with Crippen LogP contribution in [-0.2, 0) is 16.4 Å². The molecule has 1 saturated heterocycles. The van der Waals surface area contributed by atoms with Crippen molar-refractivity contribution >= 4 is 21.4 Å². The molecule has 3 rings (SSSR count). The number of amides is 1. The quantitative estimate of drug-likeness (QED) is 0.828. The fourth-order valence-corrected chi connectivity index (χ4v) is 4.83. The number of sulfone groups is 1. The maximum absolute atomic E-state index is 12.8. The fourth-order valence-electron chi connectivity index (χ4n) is 3.10. The largest absolute Gasteiger partial charge is 0.381 e. The predicted octanol–water partition coefficient (Wildman–Crippen LogP) is 1.74. The van der Waals surface area contributed by atoms with Crippen LogP contribution < -0.4 is 5.32 Å². The summed E-state index contributed by atoms with van der Waals surface area (Å²) in [5.74, 6) is -0.0627. The number of pyridine rings is 2. The molecule has 1 amide bonds. The van der Waals surface area contributed by atoms with Crippen LogP contribution in [0, 0.1) is 0 Å². The summed E-state index contributed by atoms with van der Waals surface area (Å²) in [5, 5.41) is 3.25. The summed E-state index contributed by atoms with van der Waals surface area (Å²) in [4.78, 5) is 22.7.